The zero-order chi connectivity index (χ0) is 22.0. The number of hydrogen-bond acceptors (Lipinski definition) is 4. The molecule has 3 heterocycles. The minimum Gasteiger partial charge on any atom is -0.348 e. The van der Waals surface area contributed by atoms with Gasteiger partial charge in [0.2, 0.25) is 0 Å². The van der Waals surface area contributed by atoms with E-state index in [1.165, 1.54) is 5.56 Å². The molecule has 1 N–H and O–H groups in total. The monoisotopic (exact) mass is 457 g/mol. The van der Waals surface area contributed by atoms with E-state index in [1.54, 1.807) is 16.8 Å². The molecule has 1 saturated heterocycles. The minimum atomic E-state index is -0.246. The molecular weight excluding hydrogens is 433 g/mol. The molecule has 1 aliphatic heterocycles. The van der Waals surface area contributed by atoms with Crippen LogP contribution in [0.4, 0.5) is 0 Å². The number of aryl methyl sites for hydroxylation is 2. The molecule has 1 aromatic carbocycles. The molecular formula is C23H25Cl2N5O. The number of amides is 1. The molecule has 31 heavy (non-hydrogen) atoms. The summed E-state index contributed by atoms with van der Waals surface area (Å²) in [4.78, 5) is 19.8. The van der Waals surface area contributed by atoms with Crippen LogP contribution in [0.2, 0.25) is 10.0 Å². The van der Waals surface area contributed by atoms with Crippen LogP contribution in [0.25, 0.3) is 5.82 Å². The molecule has 0 spiro atoms. The highest BCUT2D eigenvalue weighted by molar-refractivity contribution is 6.33. The average Bonchev–Trinajstić information content (AvgIpc) is 3.09. The van der Waals surface area contributed by atoms with E-state index in [9.17, 15) is 4.79 Å². The van der Waals surface area contributed by atoms with E-state index in [4.69, 9.17) is 23.2 Å². The first-order valence-corrected chi connectivity index (χ1v) is 11.1. The maximum absolute atomic E-state index is 12.9. The Balaban J connectivity index is 1.37. The van der Waals surface area contributed by atoms with Crippen LogP contribution < -0.4 is 5.32 Å². The summed E-state index contributed by atoms with van der Waals surface area (Å²) in [6.07, 6.45) is 1.77. The van der Waals surface area contributed by atoms with Gasteiger partial charge >= 0.3 is 0 Å². The summed E-state index contributed by atoms with van der Waals surface area (Å²) in [5.74, 6) is 0.336. The number of aromatic nitrogens is 3. The number of nitrogens with one attached hydrogen (secondary N) is 1. The topological polar surface area (TPSA) is 63.1 Å². The van der Waals surface area contributed by atoms with Crippen molar-refractivity contribution in [2.24, 2.45) is 0 Å². The van der Waals surface area contributed by atoms with Crippen molar-refractivity contribution in [1.82, 2.24) is 25.0 Å². The van der Waals surface area contributed by atoms with E-state index >= 15 is 0 Å². The fraction of sp³-hybridized carbons (Fsp3) is 0.348. The van der Waals surface area contributed by atoms with Gasteiger partial charge in [0, 0.05) is 36.4 Å². The Morgan fingerprint density at radius 1 is 1.10 bits per heavy atom. The highest BCUT2D eigenvalue weighted by Crippen LogP contribution is 2.20. The Morgan fingerprint density at radius 3 is 2.45 bits per heavy atom. The number of likely N-dealkylation sites (tertiary alicyclic amines) is 1. The number of carbonyl (C=O) groups is 1. The number of nitrogens with zero attached hydrogens (tertiary/aromatic N) is 4. The Bertz CT molecular complexity index is 1070. The quantitative estimate of drug-likeness (QED) is 0.608. The Hall–Kier alpha value is -2.41. The van der Waals surface area contributed by atoms with Crippen LogP contribution in [-0.4, -0.2) is 44.7 Å². The van der Waals surface area contributed by atoms with Gasteiger partial charge in [-0.2, -0.15) is 5.10 Å². The van der Waals surface area contributed by atoms with Gasteiger partial charge in [-0.3, -0.25) is 9.69 Å². The Kier molecular flexibility index (Phi) is 6.60. The highest BCUT2D eigenvalue weighted by atomic mass is 35.5. The molecule has 1 aliphatic rings. The van der Waals surface area contributed by atoms with Crippen molar-refractivity contribution in [1.29, 1.82) is 0 Å². The van der Waals surface area contributed by atoms with Crippen LogP contribution in [0.3, 0.4) is 0 Å². The van der Waals surface area contributed by atoms with Crippen LogP contribution in [0.15, 0.2) is 42.5 Å². The van der Waals surface area contributed by atoms with Crippen molar-refractivity contribution >= 4 is 29.1 Å². The Morgan fingerprint density at radius 2 is 1.81 bits per heavy atom. The summed E-state index contributed by atoms with van der Waals surface area (Å²) in [6, 6.07) is 13.5. The van der Waals surface area contributed by atoms with Crippen molar-refractivity contribution in [2.45, 2.75) is 39.3 Å². The second-order valence-electron chi connectivity index (χ2n) is 7.99. The smallest absolute Gasteiger partial charge is 0.271 e. The summed E-state index contributed by atoms with van der Waals surface area (Å²) >= 11 is 12.3. The Labute approximate surface area is 192 Å². The summed E-state index contributed by atoms with van der Waals surface area (Å²) < 4.78 is 1.72. The summed E-state index contributed by atoms with van der Waals surface area (Å²) in [5, 5.41) is 8.63. The van der Waals surface area contributed by atoms with Crippen molar-refractivity contribution in [3.63, 3.8) is 0 Å². The molecule has 4 rings (SSSR count). The van der Waals surface area contributed by atoms with E-state index in [-0.39, 0.29) is 17.6 Å². The molecule has 162 valence electrons. The van der Waals surface area contributed by atoms with Crippen LogP contribution in [0.5, 0.6) is 0 Å². The van der Waals surface area contributed by atoms with Crippen LogP contribution in [0, 0.1) is 13.8 Å². The number of rotatable bonds is 5. The first kappa shape index (κ1) is 21.8. The van der Waals surface area contributed by atoms with Crippen LogP contribution >= 0.6 is 23.2 Å². The van der Waals surface area contributed by atoms with Gasteiger partial charge in [-0.1, -0.05) is 35.3 Å². The van der Waals surface area contributed by atoms with Crippen molar-refractivity contribution in [3.05, 3.63) is 75.2 Å². The standard InChI is InChI=1S/C23H25Cl2N5O/c1-15-13-16(2)30(28-15)21-8-7-20(25)22(27-21)23(31)26-19-9-11-29(12-10-19)14-17-3-5-18(24)6-4-17/h3-8,13,19H,9-12,14H2,1-2H3,(H,26,31). The van der Waals surface area contributed by atoms with Gasteiger partial charge < -0.3 is 5.32 Å². The molecule has 1 amide bonds. The molecule has 3 aromatic rings. The van der Waals surface area contributed by atoms with E-state index in [0.29, 0.717) is 10.8 Å². The lowest BCUT2D eigenvalue weighted by molar-refractivity contribution is 0.0904. The zero-order valence-corrected chi connectivity index (χ0v) is 19.1. The van der Waals surface area contributed by atoms with E-state index < -0.39 is 0 Å². The van der Waals surface area contributed by atoms with Gasteiger partial charge in [-0.15, -0.1) is 0 Å². The summed E-state index contributed by atoms with van der Waals surface area (Å²) in [5.41, 5.74) is 3.32. The van der Waals surface area contributed by atoms with Gasteiger partial charge in [-0.25, -0.2) is 9.67 Å². The van der Waals surface area contributed by atoms with Gasteiger partial charge in [-0.05, 0) is 62.6 Å². The molecule has 6 nitrogen and oxygen atoms in total. The van der Waals surface area contributed by atoms with E-state index in [2.05, 4.69) is 32.4 Å². The predicted molar refractivity (Wildman–Crippen MR) is 123 cm³/mol. The van der Waals surface area contributed by atoms with E-state index in [1.807, 2.05) is 32.0 Å². The lowest BCUT2D eigenvalue weighted by Crippen LogP contribution is -2.44. The number of hydrogen-bond donors (Lipinski definition) is 1. The number of pyridine rings is 1. The normalized spacial score (nSPS) is 15.2. The van der Waals surface area contributed by atoms with Gasteiger partial charge in [0.05, 0.1) is 10.7 Å². The fourth-order valence-corrected chi connectivity index (χ4v) is 4.22. The van der Waals surface area contributed by atoms with Crippen LogP contribution in [0.1, 0.15) is 40.3 Å². The fourth-order valence-electron chi connectivity index (χ4n) is 3.91. The van der Waals surface area contributed by atoms with E-state index in [0.717, 1.165) is 48.9 Å². The number of halogens is 2. The molecule has 0 saturated carbocycles. The molecule has 0 atom stereocenters. The van der Waals surface area contributed by atoms with Gasteiger partial charge in [0.15, 0.2) is 5.82 Å². The predicted octanol–water partition coefficient (Wildman–Crippen LogP) is 4.59. The van der Waals surface area contributed by atoms with Gasteiger partial charge in [0.1, 0.15) is 5.69 Å². The third-order valence-corrected chi connectivity index (χ3v) is 6.07. The maximum atomic E-state index is 12.9. The summed E-state index contributed by atoms with van der Waals surface area (Å²) in [7, 11) is 0. The number of benzene rings is 1. The highest BCUT2D eigenvalue weighted by Gasteiger charge is 2.23. The lowest BCUT2D eigenvalue weighted by Gasteiger charge is -2.32. The number of piperidine rings is 1. The second kappa shape index (κ2) is 9.39. The third kappa shape index (κ3) is 5.26. The zero-order valence-electron chi connectivity index (χ0n) is 17.6. The molecule has 2 aromatic heterocycles. The third-order valence-electron chi connectivity index (χ3n) is 5.52. The minimum absolute atomic E-state index is 0.101. The first-order chi connectivity index (χ1) is 14.9. The average molecular weight is 458 g/mol. The SMILES string of the molecule is Cc1cc(C)n(-c2ccc(Cl)c(C(=O)NC3CCN(Cc4ccc(Cl)cc4)CC3)n2)n1. The number of carbonyl (C=O) groups excluding carboxylic acids is 1. The maximum Gasteiger partial charge on any atom is 0.271 e. The first-order valence-electron chi connectivity index (χ1n) is 10.4. The molecule has 0 unspecified atom stereocenters. The molecule has 0 aliphatic carbocycles. The largest absolute Gasteiger partial charge is 0.348 e. The molecule has 0 radical (unpaired) electrons. The van der Waals surface area contributed by atoms with Crippen molar-refractivity contribution in [3.8, 4) is 5.82 Å². The van der Waals surface area contributed by atoms with Crippen LogP contribution in [-0.2, 0) is 6.54 Å². The summed E-state index contributed by atoms with van der Waals surface area (Å²) in [6.45, 7) is 6.59. The second-order valence-corrected chi connectivity index (χ2v) is 8.83. The molecule has 8 heteroatoms. The lowest BCUT2D eigenvalue weighted by atomic mass is 10.0. The molecule has 0 bridgehead atoms. The van der Waals surface area contributed by atoms with Gasteiger partial charge in [0.25, 0.3) is 5.91 Å². The van der Waals surface area contributed by atoms with Crippen molar-refractivity contribution < 1.29 is 4.79 Å². The molecule has 1 fully saturated rings. The van der Waals surface area contributed by atoms with Crippen molar-refractivity contribution in [2.75, 3.05) is 13.1 Å².